The lowest BCUT2D eigenvalue weighted by Gasteiger charge is -2.22. The van der Waals surface area contributed by atoms with Crippen LogP contribution in [0.4, 0.5) is 0 Å². The van der Waals surface area contributed by atoms with Gasteiger partial charge in [0.15, 0.2) is 0 Å². The third-order valence-corrected chi connectivity index (χ3v) is 3.20. The zero-order valence-corrected chi connectivity index (χ0v) is 10.5. The summed E-state index contributed by atoms with van der Waals surface area (Å²) in [6.45, 7) is 4.68. The van der Waals surface area contributed by atoms with E-state index >= 15 is 0 Å². The van der Waals surface area contributed by atoms with Crippen LogP contribution in [0.5, 0.6) is 0 Å². The SMILES string of the molecule is CC(C)(CCCn1cccnc1=O)C(N)=S. The van der Waals surface area contributed by atoms with Gasteiger partial charge in [-0.3, -0.25) is 4.57 Å². The summed E-state index contributed by atoms with van der Waals surface area (Å²) >= 11 is 4.98. The van der Waals surface area contributed by atoms with Gasteiger partial charge >= 0.3 is 5.69 Å². The second-order valence-corrected chi connectivity index (χ2v) is 4.89. The van der Waals surface area contributed by atoms with Gasteiger partial charge in [-0.15, -0.1) is 0 Å². The highest BCUT2D eigenvalue weighted by atomic mass is 32.1. The Hall–Kier alpha value is -1.23. The van der Waals surface area contributed by atoms with Crippen LogP contribution in [0.3, 0.4) is 0 Å². The van der Waals surface area contributed by atoms with Crippen LogP contribution >= 0.6 is 12.2 Å². The molecule has 1 rings (SSSR count). The fourth-order valence-electron chi connectivity index (χ4n) is 1.37. The Kier molecular flexibility index (Phi) is 4.18. The summed E-state index contributed by atoms with van der Waals surface area (Å²) in [5.74, 6) is 0. The topological polar surface area (TPSA) is 60.9 Å². The summed E-state index contributed by atoms with van der Waals surface area (Å²) < 4.78 is 1.59. The van der Waals surface area contributed by atoms with Gasteiger partial charge in [-0.05, 0) is 18.9 Å². The molecule has 0 aromatic carbocycles. The quantitative estimate of drug-likeness (QED) is 0.788. The van der Waals surface area contributed by atoms with Crippen LogP contribution in [0, 0.1) is 5.41 Å². The zero-order chi connectivity index (χ0) is 12.2. The van der Waals surface area contributed by atoms with Crippen LogP contribution in [0.15, 0.2) is 23.3 Å². The van der Waals surface area contributed by atoms with Crippen LogP contribution in [-0.2, 0) is 6.54 Å². The van der Waals surface area contributed by atoms with Gasteiger partial charge in [0.05, 0.1) is 4.99 Å². The van der Waals surface area contributed by atoms with E-state index in [1.807, 2.05) is 13.8 Å². The highest BCUT2D eigenvalue weighted by Crippen LogP contribution is 2.22. The van der Waals surface area contributed by atoms with E-state index < -0.39 is 0 Å². The number of aryl methyl sites for hydroxylation is 1. The van der Waals surface area contributed by atoms with Gasteiger partial charge in [0, 0.05) is 24.4 Å². The molecule has 1 aromatic heterocycles. The number of hydrogen-bond acceptors (Lipinski definition) is 3. The van der Waals surface area contributed by atoms with E-state index in [4.69, 9.17) is 18.0 Å². The van der Waals surface area contributed by atoms with E-state index in [1.54, 1.807) is 16.8 Å². The average Bonchev–Trinajstić information content (AvgIpc) is 2.20. The molecule has 0 bridgehead atoms. The van der Waals surface area contributed by atoms with Gasteiger partial charge < -0.3 is 5.73 Å². The standard InChI is InChI=1S/C11H17N3OS/c1-11(2,9(12)16)5-3-7-14-8-4-6-13-10(14)15/h4,6,8H,3,5,7H2,1-2H3,(H2,12,16). The molecule has 0 saturated heterocycles. The van der Waals surface area contributed by atoms with E-state index in [0.29, 0.717) is 11.5 Å². The second-order valence-electron chi connectivity index (χ2n) is 4.45. The molecule has 0 aliphatic carbocycles. The monoisotopic (exact) mass is 239 g/mol. The summed E-state index contributed by atoms with van der Waals surface area (Å²) in [6, 6.07) is 1.75. The minimum atomic E-state index is -0.212. The molecule has 0 spiro atoms. The van der Waals surface area contributed by atoms with E-state index in [0.717, 1.165) is 12.8 Å². The molecule has 5 heteroatoms. The highest BCUT2D eigenvalue weighted by molar-refractivity contribution is 7.80. The Morgan fingerprint density at radius 2 is 2.31 bits per heavy atom. The second kappa shape index (κ2) is 5.21. The van der Waals surface area contributed by atoms with Crippen LogP contribution < -0.4 is 11.4 Å². The zero-order valence-electron chi connectivity index (χ0n) is 9.64. The molecular formula is C11H17N3OS. The molecule has 88 valence electrons. The van der Waals surface area contributed by atoms with E-state index in [1.165, 1.54) is 6.20 Å². The van der Waals surface area contributed by atoms with E-state index in [9.17, 15) is 4.79 Å². The third kappa shape index (κ3) is 3.41. The summed E-state index contributed by atoms with van der Waals surface area (Å²) in [5.41, 5.74) is 5.27. The van der Waals surface area contributed by atoms with Crippen molar-refractivity contribution in [2.24, 2.45) is 11.1 Å². The average molecular weight is 239 g/mol. The highest BCUT2D eigenvalue weighted by Gasteiger charge is 2.20. The third-order valence-electron chi connectivity index (χ3n) is 2.65. The van der Waals surface area contributed by atoms with Crippen molar-refractivity contribution in [2.75, 3.05) is 0 Å². The molecule has 1 aromatic rings. The van der Waals surface area contributed by atoms with E-state index in [-0.39, 0.29) is 11.1 Å². The molecule has 0 aliphatic heterocycles. The lowest BCUT2D eigenvalue weighted by Crippen LogP contribution is -2.30. The molecule has 0 aliphatic rings. The lowest BCUT2D eigenvalue weighted by molar-refractivity contribution is 0.432. The molecule has 0 radical (unpaired) electrons. The molecule has 4 nitrogen and oxygen atoms in total. The van der Waals surface area contributed by atoms with E-state index in [2.05, 4.69) is 4.98 Å². The first kappa shape index (κ1) is 12.8. The van der Waals surface area contributed by atoms with Crippen molar-refractivity contribution < 1.29 is 0 Å². The van der Waals surface area contributed by atoms with Crippen LogP contribution in [0.1, 0.15) is 26.7 Å². The van der Waals surface area contributed by atoms with Crippen molar-refractivity contribution in [3.63, 3.8) is 0 Å². The van der Waals surface area contributed by atoms with Crippen LogP contribution in [0.25, 0.3) is 0 Å². The van der Waals surface area contributed by atoms with Gasteiger partial charge in [-0.25, -0.2) is 9.78 Å². The van der Waals surface area contributed by atoms with Crippen molar-refractivity contribution in [2.45, 2.75) is 33.2 Å². The number of thiocarbonyl (C=S) groups is 1. The Balaban J connectivity index is 2.51. The first-order valence-corrected chi connectivity index (χ1v) is 5.66. The summed E-state index contributed by atoms with van der Waals surface area (Å²) in [5, 5.41) is 0. The Labute approximate surface area is 100 Å². The van der Waals surface area contributed by atoms with Crippen molar-refractivity contribution in [1.82, 2.24) is 9.55 Å². The molecule has 0 unspecified atom stereocenters. The predicted molar refractivity (Wildman–Crippen MR) is 68.3 cm³/mol. The Bertz CT molecular complexity index is 425. The molecule has 16 heavy (non-hydrogen) atoms. The van der Waals surface area contributed by atoms with Gasteiger partial charge in [0.25, 0.3) is 0 Å². The molecule has 1 heterocycles. The van der Waals surface area contributed by atoms with Gasteiger partial charge in [0.2, 0.25) is 0 Å². The minimum absolute atomic E-state index is 0.152. The van der Waals surface area contributed by atoms with Gasteiger partial charge in [-0.1, -0.05) is 26.1 Å². The fraction of sp³-hybridized carbons (Fsp3) is 0.545. The van der Waals surface area contributed by atoms with Crippen molar-refractivity contribution >= 4 is 17.2 Å². The van der Waals surface area contributed by atoms with Crippen molar-refractivity contribution in [3.05, 3.63) is 28.9 Å². The molecule has 2 N–H and O–H groups in total. The molecule has 0 fully saturated rings. The lowest BCUT2D eigenvalue weighted by atomic mass is 9.88. The maximum atomic E-state index is 11.3. The Morgan fingerprint density at radius 1 is 1.62 bits per heavy atom. The van der Waals surface area contributed by atoms with Gasteiger partial charge in [0.1, 0.15) is 0 Å². The summed E-state index contributed by atoms with van der Waals surface area (Å²) in [4.78, 5) is 15.5. The van der Waals surface area contributed by atoms with Crippen molar-refractivity contribution in [3.8, 4) is 0 Å². The maximum absolute atomic E-state index is 11.3. The maximum Gasteiger partial charge on any atom is 0.347 e. The number of nitrogens with two attached hydrogens (primary N) is 1. The number of hydrogen-bond donors (Lipinski definition) is 1. The first-order valence-electron chi connectivity index (χ1n) is 5.25. The fourth-order valence-corrected chi connectivity index (χ4v) is 1.47. The molecular weight excluding hydrogens is 222 g/mol. The molecule has 0 amide bonds. The predicted octanol–water partition coefficient (Wildman–Crippen LogP) is 1.34. The summed E-state index contributed by atoms with van der Waals surface area (Å²) in [7, 11) is 0. The minimum Gasteiger partial charge on any atom is -0.393 e. The van der Waals surface area contributed by atoms with Crippen LogP contribution in [-0.4, -0.2) is 14.5 Å². The van der Waals surface area contributed by atoms with Crippen molar-refractivity contribution in [1.29, 1.82) is 0 Å². The number of nitrogens with zero attached hydrogens (tertiary/aromatic N) is 2. The van der Waals surface area contributed by atoms with Crippen LogP contribution in [0.2, 0.25) is 0 Å². The number of rotatable bonds is 5. The first-order chi connectivity index (χ1) is 7.43. The normalized spacial score (nSPS) is 11.4. The molecule has 0 saturated carbocycles. The summed E-state index contributed by atoms with van der Waals surface area (Å²) in [6.07, 6.45) is 4.96. The Morgan fingerprint density at radius 3 is 2.88 bits per heavy atom. The number of aromatic nitrogens is 2. The smallest absolute Gasteiger partial charge is 0.347 e. The largest absolute Gasteiger partial charge is 0.393 e. The molecule has 0 atom stereocenters. The van der Waals surface area contributed by atoms with Gasteiger partial charge in [-0.2, -0.15) is 0 Å².